The van der Waals surface area contributed by atoms with Crippen LogP contribution in [0.2, 0.25) is 5.02 Å². The molecule has 0 N–H and O–H groups in total. The van der Waals surface area contributed by atoms with Gasteiger partial charge in [0.2, 0.25) is 0 Å². The number of hydrogen-bond acceptors (Lipinski definition) is 7. The molecule has 0 radical (unpaired) electrons. The van der Waals surface area contributed by atoms with Crippen LogP contribution in [0.25, 0.3) is 11.2 Å². The number of ether oxygens (including phenoxy) is 4. The van der Waals surface area contributed by atoms with Crippen molar-refractivity contribution < 1.29 is 32.1 Å². The minimum atomic E-state index is -4.89. The lowest BCUT2D eigenvalue weighted by Crippen LogP contribution is -2.40. The van der Waals surface area contributed by atoms with E-state index in [2.05, 4.69) is 9.72 Å². The van der Waals surface area contributed by atoms with Crippen molar-refractivity contribution in [1.29, 1.82) is 0 Å². The first-order valence-corrected chi connectivity index (χ1v) is 12.0. The first kappa shape index (κ1) is 28.2. The number of benzene rings is 2. The van der Waals surface area contributed by atoms with Crippen molar-refractivity contribution in [1.82, 2.24) is 18.7 Å². The van der Waals surface area contributed by atoms with Gasteiger partial charge >= 0.3 is 18.1 Å². The van der Waals surface area contributed by atoms with Gasteiger partial charge in [0.25, 0.3) is 5.56 Å². The van der Waals surface area contributed by atoms with Crippen LogP contribution in [0.5, 0.6) is 17.5 Å². The number of aryl methyl sites for hydroxylation is 1. The van der Waals surface area contributed by atoms with Crippen molar-refractivity contribution in [2.75, 3.05) is 26.9 Å². The van der Waals surface area contributed by atoms with Gasteiger partial charge in [0.15, 0.2) is 11.2 Å². The van der Waals surface area contributed by atoms with Crippen molar-refractivity contribution >= 4 is 22.8 Å². The zero-order valence-corrected chi connectivity index (χ0v) is 21.7. The summed E-state index contributed by atoms with van der Waals surface area (Å²) < 4.78 is 62.0. The van der Waals surface area contributed by atoms with Gasteiger partial charge in [-0.25, -0.2) is 4.79 Å². The summed E-state index contributed by atoms with van der Waals surface area (Å²) in [5, 5.41) is 0.505. The van der Waals surface area contributed by atoms with E-state index >= 15 is 0 Å². The number of methoxy groups -OCH3 is 1. The van der Waals surface area contributed by atoms with Gasteiger partial charge in [-0.3, -0.25) is 18.5 Å². The van der Waals surface area contributed by atoms with Crippen LogP contribution in [0, 0.1) is 0 Å². The Hall–Kier alpha value is -3.81. The van der Waals surface area contributed by atoms with Gasteiger partial charge in [-0.15, -0.1) is 13.2 Å². The van der Waals surface area contributed by atoms with Gasteiger partial charge < -0.3 is 18.9 Å². The number of rotatable bonds is 11. The predicted octanol–water partition coefficient (Wildman–Crippen LogP) is 3.95. The third-order valence-electron chi connectivity index (χ3n) is 5.59. The number of aromatic nitrogens is 4. The molecule has 0 saturated heterocycles. The summed E-state index contributed by atoms with van der Waals surface area (Å²) in [6.07, 6.45) is -4.89. The molecule has 4 rings (SSSR count). The highest BCUT2D eigenvalue weighted by atomic mass is 35.5. The van der Waals surface area contributed by atoms with E-state index in [1.165, 1.54) is 35.4 Å². The van der Waals surface area contributed by atoms with Crippen LogP contribution in [-0.4, -0.2) is 52.0 Å². The maximum atomic E-state index is 13.6. The van der Waals surface area contributed by atoms with Crippen LogP contribution in [-0.2, 0) is 29.6 Å². The summed E-state index contributed by atoms with van der Waals surface area (Å²) >= 11 is 6.01. The Morgan fingerprint density at radius 1 is 0.974 bits per heavy atom. The fourth-order valence-corrected chi connectivity index (χ4v) is 3.91. The van der Waals surface area contributed by atoms with E-state index in [-0.39, 0.29) is 49.2 Å². The lowest BCUT2D eigenvalue weighted by Gasteiger charge is -2.13. The molecule has 14 heteroatoms. The molecular formula is C25H24ClF3N4O6. The fraction of sp³-hybridized carbons (Fsp3) is 0.320. The van der Waals surface area contributed by atoms with E-state index in [1.807, 2.05) is 0 Å². The normalized spacial score (nSPS) is 11.7. The molecular weight excluding hydrogens is 545 g/mol. The molecule has 0 saturated carbocycles. The molecule has 39 heavy (non-hydrogen) atoms. The molecule has 0 bridgehead atoms. The highest BCUT2D eigenvalue weighted by Gasteiger charge is 2.31. The van der Waals surface area contributed by atoms with E-state index in [1.54, 1.807) is 24.3 Å². The maximum Gasteiger partial charge on any atom is 0.573 e. The lowest BCUT2D eigenvalue weighted by molar-refractivity contribution is -0.274. The second-order valence-electron chi connectivity index (χ2n) is 8.31. The molecule has 0 amide bonds. The molecule has 0 spiro atoms. The summed E-state index contributed by atoms with van der Waals surface area (Å²) in [6, 6.07) is 11.6. The van der Waals surface area contributed by atoms with E-state index in [0.29, 0.717) is 11.6 Å². The van der Waals surface area contributed by atoms with Crippen molar-refractivity contribution in [3.05, 3.63) is 80.0 Å². The molecule has 0 aliphatic rings. The third-order valence-corrected chi connectivity index (χ3v) is 5.84. The van der Waals surface area contributed by atoms with Crippen LogP contribution < -0.4 is 20.7 Å². The summed E-state index contributed by atoms with van der Waals surface area (Å²) in [5.41, 5.74) is -0.435. The minimum absolute atomic E-state index is 0.0235. The third kappa shape index (κ3) is 6.80. The minimum Gasteiger partial charge on any atom is -0.425 e. The average Bonchev–Trinajstić information content (AvgIpc) is 3.22. The molecule has 208 valence electrons. The van der Waals surface area contributed by atoms with Crippen LogP contribution in [0.1, 0.15) is 5.56 Å². The number of halogens is 4. The standard InChI is InChI=1S/C25H24ClF3N4O6/c1-31-21-20(22(34)32(24(31)35)10-11-37-13-12-36-2)33(15-16-6-8-17(26)9-7-16)23(30-21)38-18-4-3-5-19(14-18)39-25(27,28)29/h3-9,14H,10-13,15H2,1-2H3. The zero-order valence-electron chi connectivity index (χ0n) is 20.9. The average molecular weight is 569 g/mol. The first-order chi connectivity index (χ1) is 18.6. The van der Waals surface area contributed by atoms with Gasteiger partial charge in [-0.1, -0.05) is 29.8 Å². The number of nitrogens with zero attached hydrogens (tertiary/aromatic N) is 4. The Balaban J connectivity index is 1.79. The van der Waals surface area contributed by atoms with Gasteiger partial charge in [-0.2, -0.15) is 4.98 Å². The lowest BCUT2D eigenvalue weighted by atomic mass is 10.2. The summed E-state index contributed by atoms with van der Waals surface area (Å²) in [6.45, 7) is 0.793. The van der Waals surface area contributed by atoms with E-state index in [9.17, 15) is 22.8 Å². The molecule has 0 atom stereocenters. The smallest absolute Gasteiger partial charge is 0.425 e. The number of imidazole rings is 1. The molecule has 0 unspecified atom stereocenters. The molecule has 10 nitrogen and oxygen atoms in total. The monoisotopic (exact) mass is 568 g/mol. The van der Waals surface area contributed by atoms with Crippen molar-refractivity contribution in [2.45, 2.75) is 19.5 Å². The second-order valence-corrected chi connectivity index (χ2v) is 8.74. The highest BCUT2D eigenvalue weighted by Crippen LogP contribution is 2.30. The Labute approximate surface area is 224 Å². The summed E-state index contributed by atoms with van der Waals surface area (Å²) in [7, 11) is 2.98. The number of fused-ring (bicyclic) bond motifs is 1. The number of hydrogen-bond donors (Lipinski definition) is 0. The summed E-state index contributed by atoms with van der Waals surface area (Å²) in [5.74, 6) is -0.523. The van der Waals surface area contributed by atoms with Crippen LogP contribution in [0.15, 0.2) is 58.1 Å². The van der Waals surface area contributed by atoms with Gasteiger partial charge in [0.1, 0.15) is 11.5 Å². The summed E-state index contributed by atoms with van der Waals surface area (Å²) in [4.78, 5) is 30.9. The zero-order chi connectivity index (χ0) is 28.2. The van der Waals surface area contributed by atoms with Crippen LogP contribution in [0.3, 0.4) is 0 Å². The first-order valence-electron chi connectivity index (χ1n) is 11.6. The van der Waals surface area contributed by atoms with Crippen molar-refractivity contribution in [3.8, 4) is 17.5 Å². The predicted molar refractivity (Wildman–Crippen MR) is 136 cm³/mol. The Bertz CT molecular complexity index is 1560. The molecule has 0 aliphatic carbocycles. The van der Waals surface area contributed by atoms with Crippen molar-refractivity contribution in [2.24, 2.45) is 7.05 Å². The van der Waals surface area contributed by atoms with Gasteiger partial charge in [0.05, 0.1) is 32.9 Å². The van der Waals surface area contributed by atoms with E-state index < -0.39 is 23.4 Å². The van der Waals surface area contributed by atoms with Gasteiger partial charge in [0, 0.05) is 25.2 Å². The molecule has 2 heterocycles. The fourth-order valence-electron chi connectivity index (χ4n) is 3.79. The second kappa shape index (κ2) is 11.9. The molecule has 2 aromatic heterocycles. The maximum absolute atomic E-state index is 13.6. The Kier molecular flexibility index (Phi) is 8.63. The molecule has 2 aromatic carbocycles. The Morgan fingerprint density at radius 2 is 1.69 bits per heavy atom. The molecule has 0 fully saturated rings. The molecule has 4 aromatic rings. The van der Waals surface area contributed by atoms with Gasteiger partial charge in [-0.05, 0) is 29.8 Å². The SMILES string of the molecule is COCCOCCn1c(=O)c2c(nc(Oc3cccc(OC(F)(F)F)c3)n2Cc2ccc(Cl)cc2)n(C)c1=O. The topological polar surface area (TPSA) is 98.7 Å². The Morgan fingerprint density at radius 3 is 2.38 bits per heavy atom. The molecule has 0 aliphatic heterocycles. The van der Waals surface area contributed by atoms with Crippen LogP contribution in [0.4, 0.5) is 13.2 Å². The largest absolute Gasteiger partial charge is 0.573 e. The van der Waals surface area contributed by atoms with E-state index in [4.69, 9.17) is 25.8 Å². The highest BCUT2D eigenvalue weighted by molar-refractivity contribution is 6.30. The van der Waals surface area contributed by atoms with Crippen LogP contribution >= 0.6 is 11.6 Å². The quantitative estimate of drug-likeness (QED) is 0.253. The number of alkyl halides is 3. The van der Waals surface area contributed by atoms with Crippen molar-refractivity contribution in [3.63, 3.8) is 0 Å². The van der Waals surface area contributed by atoms with E-state index in [0.717, 1.165) is 22.3 Å².